The molecule has 27 heavy (non-hydrogen) atoms. The van der Waals surface area contributed by atoms with Gasteiger partial charge >= 0.3 is 6.03 Å². The van der Waals surface area contributed by atoms with Gasteiger partial charge in [-0.05, 0) is 55.9 Å². The molecule has 2 bridgehead atoms. The summed E-state index contributed by atoms with van der Waals surface area (Å²) in [6.45, 7) is 3.06. The lowest BCUT2D eigenvalue weighted by Crippen LogP contribution is -2.56. The number of nitrogens with one attached hydrogen (secondary N) is 2. The maximum Gasteiger partial charge on any atom is 0.319 e. The first-order valence-corrected chi connectivity index (χ1v) is 10.1. The van der Waals surface area contributed by atoms with Gasteiger partial charge in [0.25, 0.3) is 0 Å². The zero-order valence-electron chi connectivity index (χ0n) is 16.0. The number of nitrogens with zero attached hydrogens (tertiary/aromatic N) is 1. The Labute approximate surface area is 162 Å². The first kappa shape index (κ1) is 18.1. The molecule has 2 atom stereocenters. The third-order valence-electron chi connectivity index (χ3n) is 5.95. The van der Waals surface area contributed by atoms with E-state index in [0.717, 1.165) is 30.6 Å². The van der Waals surface area contributed by atoms with Crippen LogP contribution in [0, 0.1) is 6.92 Å². The van der Waals surface area contributed by atoms with Crippen LogP contribution in [0.4, 0.5) is 10.5 Å². The van der Waals surface area contributed by atoms with Gasteiger partial charge in [0, 0.05) is 30.4 Å². The van der Waals surface area contributed by atoms with Crippen LogP contribution >= 0.6 is 0 Å². The van der Waals surface area contributed by atoms with E-state index in [1.807, 2.05) is 31.2 Å². The van der Waals surface area contributed by atoms with Crippen molar-refractivity contribution in [1.29, 1.82) is 0 Å². The molecule has 4 rings (SSSR count). The Kier molecular flexibility index (Phi) is 5.44. The fourth-order valence-corrected chi connectivity index (χ4v) is 4.72. The molecule has 0 unspecified atom stereocenters. The highest BCUT2D eigenvalue weighted by Crippen LogP contribution is 2.35. The van der Waals surface area contributed by atoms with Gasteiger partial charge in [-0.1, -0.05) is 48.9 Å². The van der Waals surface area contributed by atoms with Crippen LogP contribution in [-0.2, 0) is 6.54 Å². The average molecular weight is 364 g/mol. The van der Waals surface area contributed by atoms with Crippen LogP contribution in [0.25, 0.3) is 0 Å². The predicted octanol–water partition coefficient (Wildman–Crippen LogP) is 4.70. The smallest absolute Gasteiger partial charge is 0.319 e. The van der Waals surface area contributed by atoms with Gasteiger partial charge in [0.05, 0.1) is 0 Å². The lowest BCUT2D eigenvalue weighted by atomic mass is 9.81. The van der Waals surface area contributed by atoms with Gasteiger partial charge in [0.2, 0.25) is 0 Å². The normalized spacial score (nSPS) is 25.0. The first-order valence-electron chi connectivity index (χ1n) is 10.1. The maximum atomic E-state index is 12.4. The summed E-state index contributed by atoms with van der Waals surface area (Å²) >= 11 is 0. The Morgan fingerprint density at radius 1 is 1.04 bits per heavy atom. The van der Waals surface area contributed by atoms with Gasteiger partial charge in [-0.25, -0.2) is 4.79 Å². The van der Waals surface area contributed by atoms with E-state index < -0.39 is 0 Å². The number of carbonyl (C=O) groups is 1. The van der Waals surface area contributed by atoms with Gasteiger partial charge in [-0.3, -0.25) is 4.90 Å². The number of hydrogen-bond acceptors (Lipinski definition) is 2. The molecule has 2 aliphatic rings. The highest BCUT2D eigenvalue weighted by atomic mass is 16.2. The minimum Gasteiger partial charge on any atom is -0.335 e. The molecule has 2 fully saturated rings. The maximum absolute atomic E-state index is 12.4. The minimum atomic E-state index is -0.0832. The Hall–Kier alpha value is -2.33. The number of carbonyl (C=O) groups excluding carboxylic acids is 1. The third kappa shape index (κ3) is 4.51. The molecule has 2 aromatic carbocycles. The number of fused-ring (bicyclic) bond motifs is 2. The summed E-state index contributed by atoms with van der Waals surface area (Å²) in [5.74, 6) is 0. The van der Waals surface area contributed by atoms with Gasteiger partial charge in [-0.15, -0.1) is 0 Å². The van der Waals surface area contributed by atoms with Crippen LogP contribution in [0.15, 0.2) is 54.6 Å². The molecular weight excluding hydrogens is 334 g/mol. The van der Waals surface area contributed by atoms with E-state index in [1.165, 1.54) is 24.8 Å². The summed E-state index contributed by atoms with van der Waals surface area (Å²) in [5.41, 5.74) is 3.39. The molecule has 4 heteroatoms. The largest absolute Gasteiger partial charge is 0.335 e. The minimum absolute atomic E-state index is 0.0832. The van der Waals surface area contributed by atoms with Crippen LogP contribution < -0.4 is 10.6 Å². The zero-order chi connectivity index (χ0) is 18.6. The summed E-state index contributed by atoms with van der Waals surface area (Å²) in [7, 11) is 0. The molecule has 0 aliphatic carbocycles. The molecule has 2 N–H and O–H groups in total. The van der Waals surface area contributed by atoms with Crippen molar-refractivity contribution >= 4 is 11.7 Å². The van der Waals surface area contributed by atoms with Crippen molar-refractivity contribution in [2.24, 2.45) is 0 Å². The van der Waals surface area contributed by atoms with Gasteiger partial charge < -0.3 is 10.6 Å². The van der Waals surface area contributed by atoms with Gasteiger partial charge in [0.15, 0.2) is 0 Å². The van der Waals surface area contributed by atoms with Crippen molar-refractivity contribution in [3.05, 3.63) is 65.7 Å². The molecule has 2 amide bonds. The SMILES string of the molecule is Cc1cccc(NC(=O)NC2C[C@@H]3CCC[C@@H](C2)N3Cc2ccccc2)c1. The molecule has 0 saturated carbocycles. The van der Waals surface area contributed by atoms with Crippen LogP contribution in [0.1, 0.15) is 43.2 Å². The van der Waals surface area contributed by atoms with Crippen LogP contribution in [0.5, 0.6) is 0 Å². The first-order chi connectivity index (χ1) is 13.2. The zero-order valence-corrected chi connectivity index (χ0v) is 16.0. The van der Waals surface area contributed by atoms with E-state index in [2.05, 4.69) is 45.9 Å². The predicted molar refractivity (Wildman–Crippen MR) is 110 cm³/mol. The second-order valence-electron chi connectivity index (χ2n) is 8.03. The molecule has 0 radical (unpaired) electrons. The number of rotatable bonds is 4. The summed E-state index contributed by atoms with van der Waals surface area (Å²) in [5, 5.41) is 6.21. The number of piperidine rings is 2. The summed E-state index contributed by atoms with van der Waals surface area (Å²) < 4.78 is 0. The molecule has 2 aliphatic heterocycles. The van der Waals surface area contributed by atoms with Crippen molar-refractivity contribution in [2.75, 3.05) is 5.32 Å². The number of hydrogen-bond donors (Lipinski definition) is 2. The van der Waals surface area contributed by atoms with Gasteiger partial charge in [0.1, 0.15) is 0 Å². The topological polar surface area (TPSA) is 44.4 Å². The number of benzene rings is 2. The highest BCUT2D eigenvalue weighted by molar-refractivity contribution is 5.89. The molecule has 2 heterocycles. The molecule has 0 spiro atoms. The lowest BCUT2D eigenvalue weighted by molar-refractivity contribution is 0.0200. The molecule has 142 valence electrons. The third-order valence-corrected chi connectivity index (χ3v) is 5.95. The fraction of sp³-hybridized carbons (Fsp3) is 0.435. The fourth-order valence-electron chi connectivity index (χ4n) is 4.72. The van der Waals surface area contributed by atoms with Crippen molar-refractivity contribution in [1.82, 2.24) is 10.2 Å². The Bertz CT molecular complexity index is 762. The number of amides is 2. The molecule has 4 nitrogen and oxygen atoms in total. The van der Waals surface area contributed by atoms with E-state index in [9.17, 15) is 4.79 Å². The van der Waals surface area contributed by atoms with E-state index in [4.69, 9.17) is 0 Å². The quantitative estimate of drug-likeness (QED) is 0.827. The Morgan fingerprint density at radius 3 is 2.48 bits per heavy atom. The van der Waals surface area contributed by atoms with Crippen molar-refractivity contribution < 1.29 is 4.79 Å². The van der Waals surface area contributed by atoms with Crippen molar-refractivity contribution in [3.8, 4) is 0 Å². The Balaban J connectivity index is 1.36. The Morgan fingerprint density at radius 2 is 1.78 bits per heavy atom. The summed E-state index contributed by atoms with van der Waals surface area (Å²) in [4.78, 5) is 15.1. The van der Waals surface area contributed by atoms with E-state index in [-0.39, 0.29) is 12.1 Å². The lowest BCUT2D eigenvalue weighted by Gasteiger charge is -2.49. The second-order valence-corrected chi connectivity index (χ2v) is 8.03. The number of urea groups is 1. The standard InChI is InChI=1S/C23H29N3O/c1-17-7-5-10-19(13-17)24-23(27)25-20-14-21-11-6-12-22(15-20)26(21)16-18-8-3-2-4-9-18/h2-5,7-10,13,20-22H,6,11-12,14-16H2,1H3,(H2,24,25,27)/t21-,22-/m0/s1. The average Bonchev–Trinajstić information content (AvgIpc) is 2.63. The summed E-state index contributed by atoms with van der Waals surface area (Å²) in [6, 6.07) is 20.0. The van der Waals surface area contributed by atoms with Crippen molar-refractivity contribution in [2.45, 2.75) is 63.7 Å². The van der Waals surface area contributed by atoms with Crippen LogP contribution in [0.2, 0.25) is 0 Å². The number of anilines is 1. The molecular formula is C23H29N3O. The van der Waals surface area contributed by atoms with Gasteiger partial charge in [-0.2, -0.15) is 0 Å². The summed E-state index contributed by atoms with van der Waals surface area (Å²) in [6.07, 6.45) is 5.87. The van der Waals surface area contributed by atoms with Crippen LogP contribution in [0.3, 0.4) is 0 Å². The highest BCUT2D eigenvalue weighted by Gasteiger charge is 2.38. The molecule has 2 aromatic rings. The second kappa shape index (κ2) is 8.13. The number of aryl methyl sites for hydroxylation is 1. The van der Waals surface area contributed by atoms with E-state index >= 15 is 0 Å². The van der Waals surface area contributed by atoms with E-state index in [1.54, 1.807) is 0 Å². The van der Waals surface area contributed by atoms with Crippen LogP contribution in [-0.4, -0.2) is 29.1 Å². The van der Waals surface area contributed by atoms with E-state index in [0.29, 0.717) is 12.1 Å². The molecule has 2 saturated heterocycles. The molecule has 0 aromatic heterocycles. The van der Waals surface area contributed by atoms with Crippen molar-refractivity contribution in [3.63, 3.8) is 0 Å². The monoisotopic (exact) mass is 363 g/mol.